The summed E-state index contributed by atoms with van der Waals surface area (Å²) in [4.78, 5) is 24.0. The molecule has 0 bridgehead atoms. The molecule has 13 heteroatoms. The molecule has 0 radical (unpaired) electrons. The first-order valence-electron chi connectivity index (χ1n) is 8.25. The van der Waals surface area contributed by atoms with Gasteiger partial charge in [-0.3, -0.25) is 0 Å². The lowest BCUT2D eigenvalue weighted by Gasteiger charge is -2.39. The molecular weight excluding hydrogens is 432 g/mol. The number of rotatable bonds is 5. The van der Waals surface area contributed by atoms with Crippen molar-refractivity contribution in [3.63, 3.8) is 0 Å². The largest absolute Gasteiger partial charge is 0.434 e. The van der Waals surface area contributed by atoms with Crippen molar-refractivity contribution < 1.29 is 40.7 Å². The van der Waals surface area contributed by atoms with E-state index in [0.717, 1.165) is 4.90 Å². The van der Waals surface area contributed by atoms with E-state index < -0.39 is 30.6 Å². The molecule has 0 atom stereocenters. The Morgan fingerprint density at radius 3 is 2.17 bits per heavy atom. The molecule has 1 aliphatic heterocycles. The number of hydrogen-bond donors (Lipinski definition) is 2. The number of anilines is 1. The number of alkyl halides is 6. The van der Waals surface area contributed by atoms with E-state index in [2.05, 4.69) is 15.4 Å². The van der Waals surface area contributed by atoms with Crippen LogP contribution in [0.4, 0.5) is 41.6 Å². The Kier molecular flexibility index (Phi) is 7.09. The molecule has 0 unspecified atom stereocenters. The molecule has 1 fully saturated rings. The minimum atomic E-state index is -5.75. The van der Waals surface area contributed by atoms with E-state index >= 15 is 0 Å². The van der Waals surface area contributed by atoms with Crippen LogP contribution in [-0.2, 0) is 4.74 Å². The fraction of sp³-hybridized carbons (Fsp3) is 0.500. The van der Waals surface area contributed by atoms with Gasteiger partial charge in [0.15, 0.2) is 0 Å². The van der Waals surface area contributed by atoms with Crippen molar-refractivity contribution >= 4 is 29.4 Å². The van der Waals surface area contributed by atoms with Crippen LogP contribution >= 0.6 is 11.6 Å². The third-order valence-corrected chi connectivity index (χ3v) is 4.22. The van der Waals surface area contributed by atoms with Crippen LogP contribution in [0.3, 0.4) is 0 Å². The van der Waals surface area contributed by atoms with Gasteiger partial charge in [0, 0.05) is 30.3 Å². The first kappa shape index (κ1) is 22.9. The summed E-state index contributed by atoms with van der Waals surface area (Å²) >= 11 is 5.72. The van der Waals surface area contributed by atoms with Crippen molar-refractivity contribution in [2.45, 2.75) is 24.9 Å². The number of hydrogen-bond acceptors (Lipinski definition) is 3. The summed E-state index contributed by atoms with van der Waals surface area (Å²) in [5.74, 6) is -0.186. The Morgan fingerprint density at radius 2 is 1.66 bits per heavy atom. The summed E-state index contributed by atoms with van der Waals surface area (Å²) in [7, 11) is 0. The van der Waals surface area contributed by atoms with Crippen molar-refractivity contribution in [1.82, 2.24) is 10.2 Å². The van der Waals surface area contributed by atoms with Gasteiger partial charge in [-0.25, -0.2) is 9.59 Å². The van der Waals surface area contributed by atoms with E-state index in [4.69, 9.17) is 11.6 Å². The lowest BCUT2D eigenvalue weighted by atomic mass is 9.97. The number of nitrogens with one attached hydrogen (secondary N) is 2. The van der Waals surface area contributed by atoms with Crippen molar-refractivity contribution in [1.29, 1.82) is 0 Å². The van der Waals surface area contributed by atoms with E-state index in [1.54, 1.807) is 24.3 Å². The maximum atomic E-state index is 12.4. The highest BCUT2D eigenvalue weighted by Crippen LogP contribution is 2.36. The van der Waals surface area contributed by atoms with E-state index in [1.165, 1.54) is 0 Å². The third kappa shape index (κ3) is 6.87. The molecule has 6 nitrogen and oxygen atoms in total. The van der Waals surface area contributed by atoms with Gasteiger partial charge in [-0.05, 0) is 36.6 Å². The van der Waals surface area contributed by atoms with Crippen LogP contribution in [0.15, 0.2) is 24.3 Å². The zero-order valence-electron chi connectivity index (χ0n) is 14.6. The molecular formula is C16H16ClF6N3O3. The smallest absolute Gasteiger partial charge is 0.426 e. The van der Waals surface area contributed by atoms with Gasteiger partial charge in [0.05, 0.1) is 0 Å². The van der Waals surface area contributed by atoms with Gasteiger partial charge >= 0.3 is 24.5 Å². The van der Waals surface area contributed by atoms with E-state index in [9.17, 15) is 35.9 Å². The van der Waals surface area contributed by atoms with Crippen molar-refractivity contribution in [2.24, 2.45) is 5.92 Å². The maximum Gasteiger partial charge on any atom is 0.434 e. The molecule has 162 valence electrons. The highest BCUT2D eigenvalue weighted by molar-refractivity contribution is 6.30. The minimum Gasteiger partial charge on any atom is -0.426 e. The van der Waals surface area contributed by atoms with Crippen LogP contribution in [0.2, 0.25) is 5.02 Å². The quantitative estimate of drug-likeness (QED) is 0.657. The molecule has 29 heavy (non-hydrogen) atoms. The van der Waals surface area contributed by atoms with E-state index in [0.29, 0.717) is 17.1 Å². The maximum absolute atomic E-state index is 12.4. The fourth-order valence-corrected chi connectivity index (χ4v) is 2.62. The third-order valence-electron chi connectivity index (χ3n) is 3.97. The average Bonchev–Trinajstić information content (AvgIpc) is 2.54. The molecule has 0 aliphatic carbocycles. The van der Waals surface area contributed by atoms with Crippen molar-refractivity contribution in [3.8, 4) is 0 Å². The number of halogens is 7. The Balaban J connectivity index is 1.68. The van der Waals surface area contributed by atoms with Crippen LogP contribution in [0, 0.1) is 5.92 Å². The van der Waals surface area contributed by atoms with Gasteiger partial charge in [-0.1, -0.05) is 11.6 Å². The molecule has 1 saturated heterocycles. The Bertz CT molecular complexity index is 706. The average molecular weight is 448 g/mol. The van der Waals surface area contributed by atoms with Gasteiger partial charge in [0.2, 0.25) is 0 Å². The number of benzene rings is 1. The normalized spacial score (nSPS) is 15.1. The lowest BCUT2D eigenvalue weighted by molar-refractivity contribution is -0.309. The molecule has 3 amide bonds. The first-order chi connectivity index (χ1) is 13.4. The van der Waals surface area contributed by atoms with E-state index in [-0.39, 0.29) is 25.6 Å². The molecule has 2 N–H and O–H groups in total. The summed E-state index contributed by atoms with van der Waals surface area (Å²) in [5, 5.41) is 5.60. The Morgan fingerprint density at radius 1 is 1.10 bits per heavy atom. The van der Waals surface area contributed by atoms with Gasteiger partial charge in [-0.2, -0.15) is 26.3 Å². The van der Waals surface area contributed by atoms with Crippen LogP contribution < -0.4 is 10.6 Å². The number of carbonyl (C=O) groups excluding carboxylic acids is 2. The van der Waals surface area contributed by atoms with Gasteiger partial charge in [-0.15, -0.1) is 0 Å². The zero-order valence-corrected chi connectivity index (χ0v) is 15.4. The molecule has 0 aromatic heterocycles. The van der Waals surface area contributed by atoms with Crippen LogP contribution in [-0.4, -0.2) is 55.1 Å². The van der Waals surface area contributed by atoms with E-state index in [1.807, 2.05) is 0 Å². The first-order valence-corrected chi connectivity index (χ1v) is 8.63. The predicted molar refractivity (Wildman–Crippen MR) is 90.5 cm³/mol. The predicted octanol–water partition coefficient (Wildman–Crippen LogP) is 4.41. The van der Waals surface area contributed by atoms with Gasteiger partial charge in [0.1, 0.15) is 0 Å². The highest BCUT2D eigenvalue weighted by atomic mass is 35.5. The Hall–Kier alpha value is -2.37. The van der Waals surface area contributed by atoms with Gasteiger partial charge in [0.25, 0.3) is 6.10 Å². The summed E-state index contributed by atoms with van der Waals surface area (Å²) in [6.07, 6.45) is -17.0. The second kappa shape index (κ2) is 8.97. The molecule has 0 saturated carbocycles. The monoisotopic (exact) mass is 447 g/mol. The summed E-state index contributed by atoms with van der Waals surface area (Å²) in [5.41, 5.74) is 0.508. The lowest BCUT2D eigenvalue weighted by Crippen LogP contribution is -2.54. The van der Waals surface area contributed by atoms with Crippen molar-refractivity contribution in [2.75, 3.05) is 25.0 Å². The van der Waals surface area contributed by atoms with Crippen LogP contribution in [0.1, 0.15) is 6.42 Å². The van der Waals surface area contributed by atoms with Crippen LogP contribution in [0.5, 0.6) is 0 Å². The molecule has 1 heterocycles. The standard InChI is InChI=1S/C16H16ClF6N3O3/c17-10-1-3-11(4-2-10)25-13(27)24-6-5-9-7-26(8-9)14(28)29-12(15(18,19)20)16(21,22)23/h1-4,9,12H,5-8H2,(H2,24,25,27). The van der Waals surface area contributed by atoms with Crippen LogP contribution in [0.25, 0.3) is 0 Å². The number of ether oxygens (including phenoxy) is 1. The highest BCUT2D eigenvalue weighted by Gasteiger charge is 2.60. The number of carbonyl (C=O) groups is 2. The fourth-order valence-electron chi connectivity index (χ4n) is 2.49. The Labute approximate surface area is 166 Å². The number of amides is 3. The minimum absolute atomic E-state index is 0.0677. The van der Waals surface area contributed by atoms with Crippen molar-refractivity contribution in [3.05, 3.63) is 29.3 Å². The summed E-state index contributed by atoms with van der Waals surface area (Å²) in [6, 6.07) is 5.85. The molecule has 1 aromatic rings. The topological polar surface area (TPSA) is 70.7 Å². The molecule has 2 rings (SSSR count). The summed E-state index contributed by atoms with van der Waals surface area (Å²) < 4.78 is 77.9. The second-order valence-corrected chi connectivity index (χ2v) is 6.73. The number of likely N-dealkylation sites (tertiary alicyclic amines) is 1. The number of nitrogens with zero attached hydrogens (tertiary/aromatic N) is 1. The summed E-state index contributed by atoms with van der Waals surface area (Å²) in [6.45, 7) is 0.0597. The molecule has 1 aliphatic rings. The molecule has 0 spiro atoms. The second-order valence-electron chi connectivity index (χ2n) is 6.29. The SMILES string of the molecule is O=C(NCCC1CN(C(=O)OC(C(F)(F)F)C(F)(F)F)C1)Nc1ccc(Cl)cc1. The number of urea groups is 1. The zero-order chi connectivity index (χ0) is 21.8. The molecule has 1 aromatic carbocycles. The van der Waals surface area contributed by atoms with Gasteiger partial charge < -0.3 is 20.3 Å².